The van der Waals surface area contributed by atoms with Crippen LogP contribution >= 0.6 is 11.6 Å². The van der Waals surface area contributed by atoms with E-state index in [1.165, 1.54) is 5.56 Å². The van der Waals surface area contributed by atoms with Gasteiger partial charge in [-0.1, -0.05) is 17.7 Å². The van der Waals surface area contributed by atoms with Crippen molar-refractivity contribution in [1.29, 1.82) is 0 Å². The second-order valence-electron chi connectivity index (χ2n) is 10.8. The van der Waals surface area contributed by atoms with Crippen molar-refractivity contribution in [3.63, 3.8) is 0 Å². The lowest BCUT2D eigenvalue weighted by Crippen LogP contribution is -2.44. The van der Waals surface area contributed by atoms with Crippen molar-refractivity contribution in [2.75, 3.05) is 30.9 Å². The number of fused-ring (bicyclic) bond motifs is 3. The van der Waals surface area contributed by atoms with Gasteiger partial charge >= 0.3 is 0 Å². The molecular weight excluding hydrogens is 524 g/mol. The fourth-order valence-electron chi connectivity index (χ4n) is 6.07. The summed E-state index contributed by atoms with van der Waals surface area (Å²) in [6.07, 6.45) is 7.34. The summed E-state index contributed by atoms with van der Waals surface area (Å²) < 4.78 is 39.8. The quantitative estimate of drug-likeness (QED) is 0.506. The van der Waals surface area contributed by atoms with E-state index < -0.39 is 15.9 Å². The van der Waals surface area contributed by atoms with Gasteiger partial charge in [0.2, 0.25) is 10.0 Å². The van der Waals surface area contributed by atoms with Gasteiger partial charge in [0, 0.05) is 30.8 Å². The Balaban J connectivity index is 1.52. The number of ether oxygens (including phenoxy) is 2. The highest BCUT2D eigenvalue weighted by Crippen LogP contribution is 2.42. The molecule has 2 heterocycles. The Morgan fingerprint density at radius 3 is 2.68 bits per heavy atom. The van der Waals surface area contributed by atoms with Gasteiger partial charge in [-0.25, -0.2) is 13.1 Å². The van der Waals surface area contributed by atoms with Crippen LogP contribution < -0.4 is 14.4 Å². The van der Waals surface area contributed by atoms with Gasteiger partial charge in [-0.05, 0) is 105 Å². The van der Waals surface area contributed by atoms with Crippen LogP contribution in [-0.4, -0.2) is 46.4 Å². The Morgan fingerprint density at radius 2 is 1.89 bits per heavy atom. The Morgan fingerprint density at radius 1 is 1.03 bits per heavy atom. The monoisotopic (exact) mass is 560 g/mol. The molecule has 0 saturated heterocycles. The lowest BCUT2D eigenvalue weighted by atomic mass is 9.69. The Hall–Kier alpha value is -2.29. The summed E-state index contributed by atoms with van der Waals surface area (Å²) in [6, 6.07) is 11.2. The third-order valence-corrected chi connectivity index (χ3v) is 9.91. The summed E-state index contributed by atoms with van der Waals surface area (Å²) in [5.41, 5.74) is 3.45. The van der Waals surface area contributed by atoms with Crippen molar-refractivity contribution in [3.05, 3.63) is 58.1 Å². The van der Waals surface area contributed by atoms with Crippen molar-refractivity contribution >= 4 is 33.2 Å². The minimum Gasteiger partial charge on any atom is -0.487 e. The average molecular weight is 561 g/mol. The number of benzene rings is 2. The molecule has 0 aromatic heterocycles. The third kappa shape index (κ3) is 6.29. The van der Waals surface area contributed by atoms with Gasteiger partial charge in [0.25, 0.3) is 5.91 Å². The first kappa shape index (κ1) is 27.3. The maximum absolute atomic E-state index is 13.0. The molecule has 1 amide bonds. The van der Waals surface area contributed by atoms with E-state index in [4.69, 9.17) is 21.1 Å². The molecule has 0 unspecified atom stereocenters. The first-order chi connectivity index (χ1) is 18.3. The van der Waals surface area contributed by atoms with Crippen LogP contribution in [0.1, 0.15) is 66.4 Å². The normalized spacial score (nSPS) is 26.1. The Kier molecular flexibility index (Phi) is 8.50. The fraction of sp³-hybridized carbons (Fsp3) is 0.552. The Labute approximate surface area is 230 Å². The van der Waals surface area contributed by atoms with Crippen LogP contribution in [-0.2, 0) is 27.8 Å². The number of nitrogens with one attached hydrogen (secondary N) is 1. The maximum Gasteiger partial charge on any atom is 0.264 e. The second kappa shape index (κ2) is 11.8. The number of carbonyl (C=O) groups is 1. The summed E-state index contributed by atoms with van der Waals surface area (Å²) in [5, 5.41) is 0.725. The van der Waals surface area contributed by atoms with Crippen molar-refractivity contribution < 1.29 is 22.7 Å². The van der Waals surface area contributed by atoms with Crippen molar-refractivity contribution in [2.45, 2.75) is 64.1 Å². The van der Waals surface area contributed by atoms with E-state index in [-0.39, 0.29) is 11.9 Å². The number of halogens is 1. The topological polar surface area (TPSA) is 84.9 Å². The molecule has 206 valence electrons. The van der Waals surface area contributed by atoms with Gasteiger partial charge in [-0.2, -0.15) is 0 Å². The molecule has 2 aromatic carbocycles. The van der Waals surface area contributed by atoms with Crippen LogP contribution in [0.25, 0.3) is 0 Å². The van der Waals surface area contributed by atoms with Crippen LogP contribution in [0.2, 0.25) is 5.02 Å². The molecule has 7 nitrogen and oxygen atoms in total. The fourth-order valence-corrected chi connectivity index (χ4v) is 7.35. The lowest BCUT2D eigenvalue weighted by molar-refractivity contribution is -0.0216. The zero-order valence-corrected chi connectivity index (χ0v) is 23.5. The first-order valence-corrected chi connectivity index (χ1v) is 15.7. The third-order valence-electron chi connectivity index (χ3n) is 8.35. The van der Waals surface area contributed by atoms with Gasteiger partial charge in [-0.15, -0.1) is 0 Å². The molecule has 1 saturated carbocycles. The van der Waals surface area contributed by atoms with Gasteiger partial charge in [0.15, 0.2) is 0 Å². The number of carbonyl (C=O) groups excluding carboxylic acids is 1. The summed E-state index contributed by atoms with van der Waals surface area (Å²) in [5.74, 6) is 0.926. The van der Waals surface area contributed by atoms with Crippen LogP contribution in [0.5, 0.6) is 5.75 Å². The van der Waals surface area contributed by atoms with Crippen molar-refractivity contribution in [3.8, 4) is 5.75 Å². The van der Waals surface area contributed by atoms with Crippen molar-refractivity contribution in [2.24, 2.45) is 11.8 Å². The van der Waals surface area contributed by atoms with E-state index in [2.05, 4.69) is 9.62 Å². The zero-order chi connectivity index (χ0) is 26.7. The summed E-state index contributed by atoms with van der Waals surface area (Å²) in [6.45, 7) is 2.06. The van der Waals surface area contributed by atoms with E-state index >= 15 is 0 Å². The molecule has 1 fully saturated rings. The predicted molar refractivity (Wildman–Crippen MR) is 149 cm³/mol. The standard InChI is InChI=1S/C29H37ClN2O5S/c1-36-27-7-3-5-15-38(34,35)31-29(33)21-10-13-28-26(17-21)32(18-22-9-12-25(22)27)14-4-2-6-20-16-24(30)11-8-23(20)19-37-28/h8,10-11,13,16-17,22,25,27H,2-7,9,12,14-15,18-19H2,1H3,(H,31,33)/t22-,25+,27+/m0/s1. The highest BCUT2D eigenvalue weighted by molar-refractivity contribution is 7.90. The number of nitrogens with zero attached hydrogens (tertiary/aromatic N) is 1. The number of methoxy groups -OCH3 is 1. The van der Waals surface area contributed by atoms with E-state index in [1.54, 1.807) is 25.3 Å². The first-order valence-electron chi connectivity index (χ1n) is 13.7. The second-order valence-corrected chi connectivity index (χ2v) is 13.1. The highest BCUT2D eigenvalue weighted by atomic mass is 35.5. The number of amides is 1. The molecule has 3 aliphatic rings. The van der Waals surface area contributed by atoms with Gasteiger partial charge in [0.1, 0.15) is 12.4 Å². The van der Waals surface area contributed by atoms with Gasteiger partial charge < -0.3 is 14.4 Å². The van der Waals surface area contributed by atoms with Crippen LogP contribution in [0.15, 0.2) is 36.4 Å². The minimum atomic E-state index is -3.73. The SMILES string of the molecule is CO[C@@H]1CCCCS(=O)(=O)NC(=O)c2ccc3c(c2)N(CCCCc2cc(Cl)ccc2CO3)C[C@@H]2CC[C@H]21. The summed E-state index contributed by atoms with van der Waals surface area (Å²) >= 11 is 6.29. The molecule has 0 spiro atoms. The van der Waals surface area contributed by atoms with E-state index in [9.17, 15) is 13.2 Å². The molecule has 2 bridgehead atoms. The van der Waals surface area contributed by atoms with Crippen LogP contribution in [0, 0.1) is 11.8 Å². The number of sulfonamides is 1. The van der Waals surface area contributed by atoms with E-state index in [1.807, 2.05) is 18.2 Å². The predicted octanol–water partition coefficient (Wildman–Crippen LogP) is 5.35. The lowest BCUT2D eigenvalue weighted by Gasteiger charge is -2.44. The molecule has 3 atom stereocenters. The van der Waals surface area contributed by atoms with Crippen LogP contribution in [0.3, 0.4) is 0 Å². The van der Waals surface area contributed by atoms with E-state index in [0.717, 1.165) is 74.3 Å². The molecule has 1 aliphatic carbocycles. The molecule has 1 N–H and O–H groups in total. The molecule has 2 aromatic rings. The van der Waals surface area contributed by atoms with Gasteiger partial charge in [-0.3, -0.25) is 4.79 Å². The average Bonchev–Trinajstić information content (AvgIpc) is 2.90. The number of aryl methyl sites for hydroxylation is 1. The summed E-state index contributed by atoms with van der Waals surface area (Å²) in [4.78, 5) is 15.4. The number of hydrogen-bond acceptors (Lipinski definition) is 6. The molecule has 0 radical (unpaired) electrons. The molecular formula is C29H37ClN2O5S. The highest BCUT2D eigenvalue weighted by Gasteiger charge is 2.38. The largest absolute Gasteiger partial charge is 0.487 e. The molecule has 38 heavy (non-hydrogen) atoms. The number of hydrogen-bond donors (Lipinski definition) is 1. The number of rotatable bonds is 1. The van der Waals surface area contributed by atoms with E-state index in [0.29, 0.717) is 36.2 Å². The smallest absolute Gasteiger partial charge is 0.264 e. The molecule has 9 heteroatoms. The van der Waals surface area contributed by atoms with Gasteiger partial charge in [0.05, 0.1) is 17.5 Å². The molecule has 5 rings (SSSR count). The maximum atomic E-state index is 13.0. The molecule has 2 aliphatic heterocycles. The van der Waals surface area contributed by atoms with Crippen molar-refractivity contribution in [1.82, 2.24) is 4.72 Å². The van der Waals surface area contributed by atoms with Crippen LogP contribution in [0.4, 0.5) is 5.69 Å². The zero-order valence-electron chi connectivity index (χ0n) is 22.0. The summed E-state index contributed by atoms with van der Waals surface area (Å²) in [7, 11) is -1.97. The minimum absolute atomic E-state index is 0.0765. The Bertz CT molecular complexity index is 1270. The number of anilines is 1.